The molecule has 6 rings (SSSR count). The quantitative estimate of drug-likeness (QED) is 0.134. The van der Waals surface area contributed by atoms with Gasteiger partial charge in [-0.05, 0) is 42.5 Å². The number of pyridine rings is 2. The Morgan fingerprint density at radius 2 is 1.53 bits per heavy atom. The highest BCUT2D eigenvalue weighted by Crippen LogP contribution is 2.37. The van der Waals surface area contributed by atoms with Crippen LogP contribution in [0.25, 0.3) is 10.9 Å². The van der Waals surface area contributed by atoms with Crippen molar-refractivity contribution in [3.63, 3.8) is 0 Å². The van der Waals surface area contributed by atoms with Gasteiger partial charge in [0.15, 0.2) is 5.03 Å². The Bertz CT molecular complexity index is 2270. The monoisotopic (exact) mass is 779 g/mol. The molecule has 0 saturated carbocycles. The van der Waals surface area contributed by atoms with Gasteiger partial charge in [-0.3, -0.25) is 4.79 Å². The second-order valence-corrected chi connectivity index (χ2v) is 14.9. The first-order valence-corrected chi connectivity index (χ1v) is 18.6. The maximum absolute atomic E-state index is 14.5. The van der Waals surface area contributed by atoms with Crippen molar-refractivity contribution in [2.75, 3.05) is 51.7 Å². The Morgan fingerprint density at radius 1 is 0.891 bits per heavy atom. The minimum absolute atomic E-state index is 0.00318. The van der Waals surface area contributed by atoms with Crippen LogP contribution in [0.2, 0.25) is 0 Å². The van der Waals surface area contributed by atoms with Gasteiger partial charge in [0.25, 0.3) is 21.9 Å². The summed E-state index contributed by atoms with van der Waals surface area (Å²) < 4.78 is 95.2. The SMILES string of the molecule is COc1ccc(CN(Cc2ccc(OC)cc2OC)S(=O)(=O)c2cc(NC(=O)c3cc4cc(F)ccc4nc3N3CCC(F)(F)[C@@H](C)C3)ccn2)c(OC)c1. The summed E-state index contributed by atoms with van der Waals surface area (Å²) in [6.07, 6.45) is 0.803. The molecule has 0 bridgehead atoms. The number of sulfonamides is 1. The molecule has 1 fully saturated rings. The number of fused-ring (bicyclic) bond motifs is 1. The summed E-state index contributed by atoms with van der Waals surface area (Å²) in [5.41, 5.74) is 1.50. The number of ether oxygens (including phenoxy) is 4. The third-order valence-electron chi connectivity index (χ3n) is 9.51. The second kappa shape index (κ2) is 16.0. The van der Waals surface area contributed by atoms with Crippen LogP contribution in [-0.4, -0.2) is 76.0 Å². The summed E-state index contributed by atoms with van der Waals surface area (Å²) in [7, 11) is 1.52. The molecule has 5 aromatic rings. The van der Waals surface area contributed by atoms with E-state index in [0.29, 0.717) is 45.0 Å². The number of hydrogen-bond acceptors (Lipinski definition) is 10. The van der Waals surface area contributed by atoms with E-state index in [1.54, 1.807) is 41.3 Å². The minimum Gasteiger partial charge on any atom is -0.497 e. The number of carbonyl (C=O) groups is 1. The van der Waals surface area contributed by atoms with Crippen LogP contribution in [0.4, 0.5) is 24.7 Å². The van der Waals surface area contributed by atoms with Gasteiger partial charge in [0.05, 0.1) is 39.5 Å². The number of carbonyl (C=O) groups excluding carboxylic acids is 1. The number of methoxy groups -OCH3 is 4. The molecular weight excluding hydrogens is 740 g/mol. The number of piperidine rings is 1. The number of amides is 1. The Balaban J connectivity index is 1.36. The molecule has 3 heterocycles. The summed E-state index contributed by atoms with van der Waals surface area (Å²) in [5, 5.41) is 2.66. The lowest BCUT2D eigenvalue weighted by atomic mass is 9.95. The average molecular weight is 780 g/mol. The third-order valence-corrected chi connectivity index (χ3v) is 11.2. The van der Waals surface area contributed by atoms with E-state index in [1.165, 1.54) is 82.3 Å². The first kappa shape index (κ1) is 39.1. The molecule has 2 aromatic heterocycles. The van der Waals surface area contributed by atoms with E-state index in [1.807, 2.05) is 0 Å². The molecule has 55 heavy (non-hydrogen) atoms. The maximum Gasteiger partial charge on any atom is 0.261 e. The summed E-state index contributed by atoms with van der Waals surface area (Å²) >= 11 is 0. The molecule has 1 saturated heterocycles. The number of nitrogens with zero attached hydrogens (tertiary/aromatic N) is 4. The second-order valence-electron chi connectivity index (χ2n) is 13.0. The van der Waals surface area contributed by atoms with E-state index < -0.39 is 40.0 Å². The lowest BCUT2D eigenvalue weighted by molar-refractivity contribution is -0.0652. The first-order chi connectivity index (χ1) is 26.3. The van der Waals surface area contributed by atoms with Crippen LogP contribution in [0.5, 0.6) is 23.0 Å². The van der Waals surface area contributed by atoms with Crippen LogP contribution in [0.3, 0.4) is 0 Å². The fraction of sp³-hybridized carbons (Fsp3) is 0.308. The van der Waals surface area contributed by atoms with E-state index in [4.69, 9.17) is 18.9 Å². The highest BCUT2D eigenvalue weighted by atomic mass is 32.2. The fourth-order valence-electron chi connectivity index (χ4n) is 6.35. The van der Waals surface area contributed by atoms with Crippen molar-refractivity contribution in [3.8, 4) is 23.0 Å². The Kier molecular flexibility index (Phi) is 11.4. The average Bonchev–Trinajstić information content (AvgIpc) is 3.18. The number of hydrogen-bond donors (Lipinski definition) is 1. The van der Waals surface area contributed by atoms with E-state index in [-0.39, 0.29) is 48.3 Å². The van der Waals surface area contributed by atoms with Crippen molar-refractivity contribution in [1.29, 1.82) is 0 Å². The van der Waals surface area contributed by atoms with Crippen LogP contribution in [0, 0.1) is 11.7 Å². The highest BCUT2D eigenvalue weighted by molar-refractivity contribution is 7.89. The van der Waals surface area contributed by atoms with E-state index in [2.05, 4.69) is 15.3 Å². The normalized spacial score (nSPS) is 15.5. The third kappa shape index (κ3) is 8.39. The molecule has 1 amide bonds. The number of aromatic nitrogens is 2. The van der Waals surface area contributed by atoms with Crippen LogP contribution < -0.4 is 29.2 Å². The summed E-state index contributed by atoms with van der Waals surface area (Å²) in [4.78, 5) is 24.4. The van der Waals surface area contributed by atoms with Crippen LogP contribution in [-0.2, 0) is 23.1 Å². The van der Waals surface area contributed by atoms with Crippen LogP contribution >= 0.6 is 0 Å². The fourth-order valence-corrected chi connectivity index (χ4v) is 7.71. The largest absolute Gasteiger partial charge is 0.497 e. The lowest BCUT2D eigenvalue weighted by Crippen LogP contribution is -2.46. The zero-order valence-corrected chi connectivity index (χ0v) is 31.6. The standard InChI is InChI=1S/C39H40F3N5O7S/c1-24-21-46(15-13-39(24,41)42)37-32(17-27-16-28(40)8-11-33(27)45-37)38(48)44-29-12-14-43-36(18-29)55(49,50)47(22-25-6-9-30(51-2)19-34(25)53-4)23-26-7-10-31(52-3)20-35(26)54-5/h6-12,14,16-20,24H,13,15,21-23H2,1-5H3,(H,43,44,48)/t24-/m0/s1. The molecule has 1 atom stereocenters. The maximum atomic E-state index is 14.5. The predicted octanol–water partition coefficient (Wildman–Crippen LogP) is 6.93. The molecule has 1 N–H and O–H groups in total. The molecule has 0 spiro atoms. The lowest BCUT2D eigenvalue weighted by Gasteiger charge is -2.38. The number of benzene rings is 3. The number of alkyl halides is 2. The number of rotatable bonds is 13. The Hall–Kier alpha value is -5.61. The molecule has 0 unspecified atom stereocenters. The van der Waals surface area contributed by atoms with Crippen molar-refractivity contribution in [3.05, 3.63) is 102 Å². The molecule has 1 aliphatic rings. The predicted molar refractivity (Wildman–Crippen MR) is 200 cm³/mol. The van der Waals surface area contributed by atoms with E-state index in [0.717, 1.165) is 0 Å². The zero-order valence-electron chi connectivity index (χ0n) is 30.8. The number of anilines is 2. The van der Waals surface area contributed by atoms with Crippen molar-refractivity contribution in [2.45, 2.75) is 37.4 Å². The van der Waals surface area contributed by atoms with Gasteiger partial charge in [-0.25, -0.2) is 31.6 Å². The van der Waals surface area contributed by atoms with Crippen molar-refractivity contribution in [1.82, 2.24) is 14.3 Å². The summed E-state index contributed by atoms with van der Waals surface area (Å²) in [6, 6.07) is 18.0. The van der Waals surface area contributed by atoms with Gasteiger partial charge in [-0.2, -0.15) is 4.31 Å². The van der Waals surface area contributed by atoms with E-state index in [9.17, 15) is 26.4 Å². The summed E-state index contributed by atoms with van der Waals surface area (Å²) in [6.45, 7) is 0.985. The van der Waals surface area contributed by atoms with E-state index >= 15 is 0 Å². The Labute approximate surface area is 316 Å². The first-order valence-electron chi connectivity index (χ1n) is 17.2. The van der Waals surface area contributed by atoms with Gasteiger partial charge < -0.3 is 29.2 Å². The molecule has 1 aliphatic heterocycles. The molecule has 16 heteroatoms. The zero-order chi connectivity index (χ0) is 39.5. The number of nitrogens with one attached hydrogen (secondary N) is 1. The van der Waals surface area contributed by atoms with Gasteiger partial charge in [-0.15, -0.1) is 0 Å². The molecule has 0 aliphatic carbocycles. The molecule has 290 valence electrons. The topological polar surface area (TPSA) is 132 Å². The van der Waals surface area contributed by atoms with Gasteiger partial charge in [0.2, 0.25) is 0 Å². The minimum atomic E-state index is -4.41. The molecule has 12 nitrogen and oxygen atoms in total. The van der Waals surface area contributed by atoms with Crippen molar-refractivity contribution >= 4 is 38.3 Å². The van der Waals surface area contributed by atoms with Crippen molar-refractivity contribution < 1.29 is 45.3 Å². The Morgan fingerprint density at radius 3 is 2.11 bits per heavy atom. The summed E-state index contributed by atoms with van der Waals surface area (Å²) in [5.74, 6) is -3.21. The van der Waals surface area contributed by atoms with Gasteiger partial charge in [0.1, 0.15) is 34.6 Å². The smallest absolute Gasteiger partial charge is 0.261 e. The van der Waals surface area contributed by atoms with Gasteiger partial charge >= 0.3 is 0 Å². The molecular formula is C39H40F3N5O7S. The van der Waals surface area contributed by atoms with Gasteiger partial charge in [-0.1, -0.05) is 19.1 Å². The van der Waals surface area contributed by atoms with Crippen molar-refractivity contribution in [2.24, 2.45) is 5.92 Å². The highest BCUT2D eigenvalue weighted by Gasteiger charge is 2.42. The molecule has 0 radical (unpaired) electrons. The van der Waals surface area contributed by atoms with Gasteiger partial charge in [0, 0.05) is 85.1 Å². The van der Waals surface area contributed by atoms with Crippen LogP contribution in [0.15, 0.2) is 84.0 Å². The molecule has 3 aromatic carbocycles. The van der Waals surface area contributed by atoms with Crippen LogP contribution in [0.1, 0.15) is 34.8 Å². The number of halogens is 3.